The van der Waals surface area contributed by atoms with Crippen LogP contribution in [-0.2, 0) is 11.3 Å². The van der Waals surface area contributed by atoms with Crippen LogP contribution in [0.2, 0.25) is 0 Å². The van der Waals surface area contributed by atoms with E-state index in [0.717, 1.165) is 28.4 Å². The lowest BCUT2D eigenvalue weighted by Gasteiger charge is -2.35. The summed E-state index contributed by atoms with van der Waals surface area (Å²) in [5.41, 5.74) is 1.78. The molecule has 0 aliphatic carbocycles. The lowest BCUT2D eigenvalue weighted by Crippen LogP contribution is -2.48. The molecule has 2 aromatic heterocycles. The van der Waals surface area contributed by atoms with Gasteiger partial charge in [-0.1, -0.05) is 30.3 Å². The summed E-state index contributed by atoms with van der Waals surface area (Å²) in [6, 6.07) is 13.7. The van der Waals surface area contributed by atoms with Crippen LogP contribution in [0.15, 0.2) is 52.4 Å². The van der Waals surface area contributed by atoms with Gasteiger partial charge in [0.05, 0.1) is 23.7 Å². The summed E-state index contributed by atoms with van der Waals surface area (Å²) in [4.78, 5) is 15.6. The number of para-hydroxylation sites is 2. The molecule has 0 radical (unpaired) electrons. The fraction of sp³-hybridized carbons (Fsp3) is 0.300. The van der Waals surface area contributed by atoms with Crippen LogP contribution in [0, 0.1) is 0 Å². The zero-order valence-corrected chi connectivity index (χ0v) is 15.9. The number of hydrogen-bond acceptors (Lipinski definition) is 6. The first-order chi connectivity index (χ1) is 13.2. The first-order valence-corrected chi connectivity index (χ1v) is 9.90. The second-order valence-electron chi connectivity index (χ2n) is 6.41. The van der Waals surface area contributed by atoms with Crippen molar-refractivity contribution in [2.75, 3.05) is 18.0 Å². The van der Waals surface area contributed by atoms with Crippen molar-refractivity contribution in [3.05, 3.63) is 53.5 Å². The zero-order valence-electron chi connectivity index (χ0n) is 15.1. The topological polar surface area (TPSA) is 67.6 Å². The predicted octanol–water partition coefficient (Wildman–Crippen LogP) is 3.70. The SMILES string of the molecule is CCCNC(=O)[C@@H]1CN(Cc2cc(-c3cccs3)on2)c2ccccc2O1. The number of nitrogens with one attached hydrogen (secondary N) is 1. The van der Waals surface area contributed by atoms with Crippen LogP contribution >= 0.6 is 11.3 Å². The maximum Gasteiger partial charge on any atom is 0.262 e. The molecule has 0 fully saturated rings. The normalized spacial score (nSPS) is 15.9. The second kappa shape index (κ2) is 7.84. The third-order valence-corrected chi connectivity index (χ3v) is 5.26. The number of carbonyl (C=O) groups is 1. The fourth-order valence-electron chi connectivity index (χ4n) is 3.07. The lowest BCUT2D eigenvalue weighted by atomic mass is 10.1. The number of rotatable bonds is 6. The summed E-state index contributed by atoms with van der Waals surface area (Å²) in [5.74, 6) is 1.39. The maximum absolute atomic E-state index is 12.4. The van der Waals surface area contributed by atoms with Gasteiger partial charge in [0.25, 0.3) is 5.91 Å². The Morgan fingerprint density at radius 3 is 3.04 bits per heavy atom. The molecule has 0 unspecified atom stereocenters. The summed E-state index contributed by atoms with van der Waals surface area (Å²) in [7, 11) is 0. The molecule has 3 heterocycles. The van der Waals surface area contributed by atoms with E-state index in [1.54, 1.807) is 11.3 Å². The Morgan fingerprint density at radius 1 is 1.33 bits per heavy atom. The van der Waals surface area contributed by atoms with Crippen LogP contribution in [-0.4, -0.2) is 30.3 Å². The highest BCUT2D eigenvalue weighted by Crippen LogP contribution is 2.34. The zero-order chi connectivity index (χ0) is 18.6. The standard InChI is InChI=1S/C20H21N3O3S/c1-2-9-21-20(24)18-13-23(15-6-3-4-7-16(15)25-18)12-14-11-17(26-22-14)19-8-5-10-27-19/h3-8,10-11,18H,2,9,12-13H2,1H3,(H,21,24)/t18-/m0/s1. The number of amides is 1. The van der Waals surface area contributed by atoms with Gasteiger partial charge in [0.15, 0.2) is 11.9 Å². The van der Waals surface area contributed by atoms with E-state index >= 15 is 0 Å². The van der Waals surface area contributed by atoms with Gasteiger partial charge in [0, 0.05) is 12.6 Å². The molecule has 3 aromatic rings. The van der Waals surface area contributed by atoms with E-state index in [4.69, 9.17) is 9.26 Å². The van der Waals surface area contributed by atoms with Crippen LogP contribution in [0.4, 0.5) is 5.69 Å². The highest BCUT2D eigenvalue weighted by Gasteiger charge is 2.31. The average Bonchev–Trinajstić information content (AvgIpc) is 3.37. The number of benzene rings is 1. The molecule has 1 amide bonds. The molecule has 1 aromatic carbocycles. The molecule has 4 rings (SSSR count). The van der Waals surface area contributed by atoms with Gasteiger partial charge in [0.1, 0.15) is 11.4 Å². The molecule has 0 saturated carbocycles. The Labute approximate surface area is 161 Å². The van der Waals surface area contributed by atoms with E-state index in [1.807, 2.05) is 54.8 Å². The second-order valence-corrected chi connectivity index (χ2v) is 7.35. The van der Waals surface area contributed by atoms with Crippen LogP contribution < -0.4 is 15.0 Å². The quantitative estimate of drug-likeness (QED) is 0.703. The average molecular weight is 383 g/mol. The van der Waals surface area contributed by atoms with E-state index in [0.29, 0.717) is 25.4 Å². The Hall–Kier alpha value is -2.80. The van der Waals surface area contributed by atoms with E-state index in [-0.39, 0.29) is 5.91 Å². The van der Waals surface area contributed by atoms with Crippen molar-refractivity contribution < 1.29 is 14.1 Å². The first kappa shape index (κ1) is 17.6. The van der Waals surface area contributed by atoms with Crippen LogP contribution in [0.3, 0.4) is 0 Å². The highest BCUT2D eigenvalue weighted by atomic mass is 32.1. The summed E-state index contributed by atoms with van der Waals surface area (Å²) in [6.07, 6.45) is 0.346. The van der Waals surface area contributed by atoms with E-state index in [2.05, 4.69) is 15.4 Å². The van der Waals surface area contributed by atoms with Crippen LogP contribution in [0.25, 0.3) is 10.6 Å². The van der Waals surface area contributed by atoms with Crippen molar-refractivity contribution in [1.29, 1.82) is 0 Å². The summed E-state index contributed by atoms with van der Waals surface area (Å²) in [5, 5.41) is 9.13. The van der Waals surface area contributed by atoms with Crippen molar-refractivity contribution in [2.45, 2.75) is 26.0 Å². The van der Waals surface area contributed by atoms with Crippen molar-refractivity contribution in [3.8, 4) is 16.4 Å². The largest absolute Gasteiger partial charge is 0.477 e. The summed E-state index contributed by atoms with van der Waals surface area (Å²) >= 11 is 1.62. The van der Waals surface area contributed by atoms with Crippen molar-refractivity contribution in [3.63, 3.8) is 0 Å². The number of thiophene rings is 1. The van der Waals surface area contributed by atoms with Crippen molar-refractivity contribution in [2.24, 2.45) is 0 Å². The molecule has 1 atom stereocenters. The lowest BCUT2D eigenvalue weighted by molar-refractivity contribution is -0.127. The molecule has 1 aliphatic rings. The molecule has 1 aliphatic heterocycles. The van der Waals surface area contributed by atoms with Crippen LogP contribution in [0.1, 0.15) is 19.0 Å². The minimum atomic E-state index is -0.546. The number of anilines is 1. The summed E-state index contributed by atoms with van der Waals surface area (Å²) in [6.45, 7) is 3.69. The van der Waals surface area contributed by atoms with Gasteiger partial charge >= 0.3 is 0 Å². The molecule has 27 heavy (non-hydrogen) atoms. The van der Waals surface area contributed by atoms with Gasteiger partial charge in [-0.2, -0.15) is 0 Å². The Morgan fingerprint density at radius 2 is 2.22 bits per heavy atom. The third-order valence-electron chi connectivity index (χ3n) is 4.38. The highest BCUT2D eigenvalue weighted by molar-refractivity contribution is 7.13. The number of aromatic nitrogens is 1. The predicted molar refractivity (Wildman–Crippen MR) is 105 cm³/mol. The van der Waals surface area contributed by atoms with Gasteiger partial charge in [0.2, 0.25) is 0 Å². The van der Waals surface area contributed by atoms with Crippen molar-refractivity contribution in [1.82, 2.24) is 10.5 Å². The van der Waals surface area contributed by atoms with Gasteiger partial charge in [-0.05, 0) is 30.0 Å². The monoisotopic (exact) mass is 383 g/mol. The molecule has 6 nitrogen and oxygen atoms in total. The molecule has 0 saturated heterocycles. The molecular weight excluding hydrogens is 362 g/mol. The van der Waals surface area contributed by atoms with Crippen molar-refractivity contribution >= 4 is 22.9 Å². The number of carbonyl (C=O) groups excluding carboxylic acids is 1. The molecule has 140 valence electrons. The van der Waals surface area contributed by atoms with Gasteiger partial charge in [-0.3, -0.25) is 4.79 Å². The fourth-order valence-corrected chi connectivity index (χ4v) is 3.75. The molecule has 0 spiro atoms. The van der Waals surface area contributed by atoms with Gasteiger partial charge < -0.3 is 19.5 Å². The maximum atomic E-state index is 12.4. The van der Waals surface area contributed by atoms with Gasteiger partial charge in [-0.15, -0.1) is 11.3 Å². The number of nitrogens with zero attached hydrogens (tertiary/aromatic N) is 2. The Kier molecular flexibility index (Phi) is 5.11. The molecule has 0 bridgehead atoms. The molecule has 7 heteroatoms. The minimum absolute atomic E-state index is 0.0872. The summed E-state index contributed by atoms with van der Waals surface area (Å²) < 4.78 is 11.4. The first-order valence-electron chi connectivity index (χ1n) is 9.02. The molecular formula is C20H21N3O3S. The smallest absolute Gasteiger partial charge is 0.262 e. The third kappa shape index (κ3) is 3.83. The van der Waals surface area contributed by atoms with E-state index in [9.17, 15) is 4.79 Å². The van der Waals surface area contributed by atoms with E-state index in [1.165, 1.54) is 0 Å². The Bertz CT molecular complexity index is 907. The molecule has 1 N–H and O–H groups in total. The van der Waals surface area contributed by atoms with Gasteiger partial charge in [-0.25, -0.2) is 0 Å². The van der Waals surface area contributed by atoms with Crippen LogP contribution in [0.5, 0.6) is 5.75 Å². The Balaban J connectivity index is 1.54. The number of fused-ring (bicyclic) bond motifs is 1. The number of hydrogen-bond donors (Lipinski definition) is 1. The van der Waals surface area contributed by atoms with E-state index < -0.39 is 6.10 Å². The number of ether oxygens (including phenoxy) is 1. The minimum Gasteiger partial charge on any atom is -0.477 e.